The summed E-state index contributed by atoms with van der Waals surface area (Å²) in [7, 11) is 0. The van der Waals surface area contributed by atoms with E-state index in [1.807, 2.05) is 12.1 Å². The molecule has 0 radical (unpaired) electrons. The van der Waals surface area contributed by atoms with Crippen LogP contribution in [-0.4, -0.2) is 47.1 Å². The molecular formula is C20H21N3O3. The Hall–Kier alpha value is -3.02. The van der Waals surface area contributed by atoms with E-state index in [4.69, 9.17) is 0 Å². The quantitative estimate of drug-likeness (QED) is 0.810. The highest BCUT2D eigenvalue weighted by molar-refractivity contribution is 5.95. The van der Waals surface area contributed by atoms with Gasteiger partial charge in [0, 0.05) is 48.9 Å². The minimum absolute atomic E-state index is 0.0216. The number of likely N-dealkylation sites (tertiary alicyclic amines) is 1. The van der Waals surface area contributed by atoms with Crippen LogP contribution in [0.25, 0.3) is 11.3 Å². The van der Waals surface area contributed by atoms with Crippen molar-refractivity contribution in [2.24, 2.45) is 0 Å². The summed E-state index contributed by atoms with van der Waals surface area (Å²) in [5.74, 6) is -0.0262. The topological polar surface area (TPSA) is 79.4 Å². The number of benzene rings is 1. The molecule has 0 saturated carbocycles. The fraction of sp³-hybridized carbons (Fsp3) is 0.300. The Balaban J connectivity index is 1.57. The lowest BCUT2D eigenvalue weighted by molar-refractivity contribution is -0.127. The average Bonchev–Trinajstić information content (AvgIpc) is 3.07. The van der Waals surface area contributed by atoms with Crippen LogP contribution in [0.5, 0.6) is 0 Å². The first kappa shape index (κ1) is 17.8. The van der Waals surface area contributed by atoms with Gasteiger partial charge in [0.15, 0.2) is 5.78 Å². The second-order valence-corrected chi connectivity index (χ2v) is 6.31. The van der Waals surface area contributed by atoms with Crippen LogP contribution >= 0.6 is 0 Å². The fourth-order valence-corrected chi connectivity index (χ4v) is 2.91. The van der Waals surface area contributed by atoms with Crippen LogP contribution in [0, 0.1) is 0 Å². The highest BCUT2D eigenvalue weighted by Gasteiger charge is 2.19. The van der Waals surface area contributed by atoms with Crippen molar-refractivity contribution in [3.63, 3.8) is 0 Å². The molecule has 6 heteroatoms. The Kier molecular flexibility index (Phi) is 5.41. The van der Waals surface area contributed by atoms with E-state index in [0.29, 0.717) is 30.6 Å². The predicted octanol–water partition coefficient (Wildman–Crippen LogP) is 2.30. The van der Waals surface area contributed by atoms with E-state index in [2.05, 4.69) is 10.3 Å². The van der Waals surface area contributed by atoms with Gasteiger partial charge in [-0.25, -0.2) is 0 Å². The van der Waals surface area contributed by atoms with Crippen LogP contribution in [0.15, 0.2) is 42.6 Å². The molecule has 2 amide bonds. The second-order valence-electron chi connectivity index (χ2n) is 6.31. The molecule has 1 aromatic carbocycles. The van der Waals surface area contributed by atoms with Crippen molar-refractivity contribution >= 4 is 17.6 Å². The molecule has 2 heterocycles. The number of amides is 2. The number of nitrogens with one attached hydrogen (secondary N) is 1. The molecule has 0 bridgehead atoms. The van der Waals surface area contributed by atoms with Gasteiger partial charge in [0.1, 0.15) is 0 Å². The Morgan fingerprint density at radius 1 is 1.12 bits per heavy atom. The van der Waals surface area contributed by atoms with Crippen LogP contribution in [0.3, 0.4) is 0 Å². The first-order valence-electron chi connectivity index (χ1n) is 8.68. The monoisotopic (exact) mass is 351 g/mol. The number of hydrogen-bond donors (Lipinski definition) is 1. The molecule has 1 N–H and O–H groups in total. The van der Waals surface area contributed by atoms with Gasteiger partial charge in [-0.2, -0.15) is 0 Å². The van der Waals surface area contributed by atoms with Gasteiger partial charge in [-0.15, -0.1) is 0 Å². The summed E-state index contributed by atoms with van der Waals surface area (Å²) in [6.45, 7) is 3.28. The van der Waals surface area contributed by atoms with Gasteiger partial charge in [0.25, 0.3) is 5.91 Å². The third kappa shape index (κ3) is 4.14. The number of hydrogen-bond acceptors (Lipinski definition) is 4. The Labute approximate surface area is 152 Å². The van der Waals surface area contributed by atoms with Crippen LogP contribution in [-0.2, 0) is 4.79 Å². The van der Waals surface area contributed by atoms with Crippen LogP contribution in [0.4, 0.5) is 0 Å². The number of carbonyl (C=O) groups is 3. The molecule has 134 valence electrons. The molecule has 1 aromatic heterocycles. The molecule has 1 aliphatic heterocycles. The maximum absolute atomic E-state index is 12.2. The summed E-state index contributed by atoms with van der Waals surface area (Å²) < 4.78 is 0. The highest BCUT2D eigenvalue weighted by Crippen LogP contribution is 2.18. The lowest BCUT2D eigenvalue weighted by atomic mass is 10.1. The molecule has 0 unspecified atom stereocenters. The average molecular weight is 351 g/mol. The van der Waals surface area contributed by atoms with E-state index in [1.54, 1.807) is 35.4 Å². The molecule has 2 aromatic rings. The van der Waals surface area contributed by atoms with Gasteiger partial charge in [-0.1, -0.05) is 12.1 Å². The first-order chi connectivity index (χ1) is 12.5. The predicted molar refractivity (Wildman–Crippen MR) is 97.8 cm³/mol. The van der Waals surface area contributed by atoms with Gasteiger partial charge in [0.2, 0.25) is 5.91 Å². The summed E-state index contributed by atoms with van der Waals surface area (Å²) in [5.41, 5.74) is 2.75. The van der Waals surface area contributed by atoms with Crippen molar-refractivity contribution < 1.29 is 14.4 Å². The third-order valence-electron chi connectivity index (χ3n) is 4.45. The van der Waals surface area contributed by atoms with E-state index in [-0.39, 0.29) is 17.6 Å². The SMILES string of the molecule is CC(=O)c1ccc(-c2ccc(C(=O)NCCN3CCCC3=O)cc2)nc1. The summed E-state index contributed by atoms with van der Waals surface area (Å²) in [6, 6.07) is 10.7. The first-order valence-corrected chi connectivity index (χ1v) is 8.68. The number of nitrogens with zero attached hydrogens (tertiary/aromatic N) is 2. The van der Waals surface area contributed by atoms with Crippen molar-refractivity contribution in [2.75, 3.05) is 19.6 Å². The van der Waals surface area contributed by atoms with Gasteiger partial charge in [-0.3, -0.25) is 19.4 Å². The van der Waals surface area contributed by atoms with Gasteiger partial charge in [0.05, 0.1) is 5.69 Å². The summed E-state index contributed by atoms with van der Waals surface area (Å²) in [5, 5.41) is 2.84. The third-order valence-corrected chi connectivity index (χ3v) is 4.45. The van der Waals surface area contributed by atoms with E-state index in [0.717, 1.165) is 24.2 Å². The van der Waals surface area contributed by atoms with Crippen molar-refractivity contribution in [3.8, 4) is 11.3 Å². The minimum Gasteiger partial charge on any atom is -0.350 e. The normalized spacial score (nSPS) is 13.7. The van der Waals surface area contributed by atoms with E-state index < -0.39 is 0 Å². The molecule has 1 aliphatic rings. The van der Waals surface area contributed by atoms with E-state index in [1.165, 1.54) is 6.92 Å². The molecular weight excluding hydrogens is 330 g/mol. The summed E-state index contributed by atoms with van der Waals surface area (Å²) >= 11 is 0. The maximum atomic E-state index is 12.2. The van der Waals surface area contributed by atoms with E-state index >= 15 is 0 Å². The number of carbonyl (C=O) groups excluding carboxylic acids is 3. The van der Waals surface area contributed by atoms with Crippen molar-refractivity contribution in [2.45, 2.75) is 19.8 Å². The maximum Gasteiger partial charge on any atom is 0.251 e. The van der Waals surface area contributed by atoms with Crippen molar-refractivity contribution in [3.05, 3.63) is 53.7 Å². The number of pyridine rings is 1. The zero-order valence-corrected chi connectivity index (χ0v) is 14.7. The summed E-state index contributed by atoms with van der Waals surface area (Å²) in [6.07, 6.45) is 3.06. The number of ketones is 1. The second kappa shape index (κ2) is 7.91. The molecule has 0 spiro atoms. The van der Waals surface area contributed by atoms with Crippen molar-refractivity contribution in [1.82, 2.24) is 15.2 Å². The molecule has 3 rings (SSSR count). The van der Waals surface area contributed by atoms with Crippen LogP contribution < -0.4 is 5.32 Å². The molecule has 1 fully saturated rings. The number of aromatic nitrogens is 1. The Morgan fingerprint density at radius 2 is 1.85 bits per heavy atom. The molecule has 0 aliphatic carbocycles. The smallest absolute Gasteiger partial charge is 0.251 e. The molecule has 6 nitrogen and oxygen atoms in total. The van der Waals surface area contributed by atoms with Gasteiger partial charge in [-0.05, 0) is 37.6 Å². The Bertz CT molecular complexity index is 813. The number of Topliss-reactive ketones (excluding diaryl/α,β-unsaturated/α-hetero) is 1. The molecule has 1 saturated heterocycles. The highest BCUT2D eigenvalue weighted by atomic mass is 16.2. The largest absolute Gasteiger partial charge is 0.350 e. The lowest BCUT2D eigenvalue weighted by Gasteiger charge is -2.15. The van der Waals surface area contributed by atoms with Crippen LogP contribution in [0.2, 0.25) is 0 Å². The molecule has 26 heavy (non-hydrogen) atoms. The van der Waals surface area contributed by atoms with Crippen molar-refractivity contribution in [1.29, 1.82) is 0 Å². The van der Waals surface area contributed by atoms with Gasteiger partial charge < -0.3 is 10.2 Å². The van der Waals surface area contributed by atoms with Gasteiger partial charge >= 0.3 is 0 Å². The number of rotatable bonds is 6. The zero-order chi connectivity index (χ0) is 18.5. The Morgan fingerprint density at radius 3 is 2.42 bits per heavy atom. The van der Waals surface area contributed by atoms with Crippen LogP contribution in [0.1, 0.15) is 40.5 Å². The van der Waals surface area contributed by atoms with E-state index in [9.17, 15) is 14.4 Å². The molecule has 0 atom stereocenters. The fourth-order valence-electron chi connectivity index (χ4n) is 2.91. The zero-order valence-electron chi connectivity index (χ0n) is 14.7. The minimum atomic E-state index is -0.164. The summed E-state index contributed by atoms with van der Waals surface area (Å²) in [4.78, 5) is 41.1. The standard InChI is InChI=1S/C20H21N3O3/c1-14(24)17-8-9-18(22-13-17)15-4-6-16(7-5-15)20(26)21-10-12-23-11-2-3-19(23)25/h4-9,13H,2-3,10-12H2,1H3,(H,21,26). The lowest BCUT2D eigenvalue weighted by Crippen LogP contribution is -2.35.